The fourth-order valence-corrected chi connectivity index (χ4v) is 1.64. The first-order valence-electron chi connectivity index (χ1n) is 4.94. The third-order valence-electron chi connectivity index (χ3n) is 2.41. The molecule has 1 heterocycles. The number of nitrogens with one attached hydrogen (secondary N) is 1. The van der Waals surface area contributed by atoms with E-state index < -0.39 is 0 Å². The predicted molar refractivity (Wildman–Crippen MR) is 62.2 cm³/mol. The van der Waals surface area contributed by atoms with Gasteiger partial charge in [0.15, 0.2) is 5.78 Å². The Balaban J connectivity index is 2.47. The molecule has 76 valence electrons. The number of aromatic nitrogens is 1. The lowest BCUT2D eigenvalue weighted by atomic mass is 10.1. The molecule has 2 rings (SSSR count). The first kappa shape index (κ1) is 9.71. The van der Waals surface area contributed by atoms with Gasteiger partial charge in [-0.2, -0.15) is 0 Å². The van der Waals surface area contributed by atoms with Gasteiger partial charge in [0.1, 0.15) is 0 Å². The number of Topliss-reactive ketones (excluding diaryl/α,β-unsaturated/α-hetero) is 1. The highest BCUT2D eigenvalue weighted by molar-refractivity contribution is 6.00. The zero-order valence-corrected chi connectivity index (χ0v) is 8.71. The number of allylic oxidation sites excluding steroid dienone is 1. The Hall–Kier alpha value is -1.83. The Morgan fingerprint density at radius 1 is 1.47 bits per heavy atom. The molecule has 0 unspecified atom stereocenters. The molecule has 15 heavy (non-hydrogen) atoms. The van der Waals surface area contributed by atoms with Crippen molar-refractivity contribution in [1.29, 1.82) is 0 Å². The summed E-state index contributed by atoms with van der Waals surface area (Å²) in [6, 6.07) is 7.99. The van der Waals surface area contributed by atoms with Crippen molar-refractivity contribution in [3.63, 3.8) is 0 Å². The molecule has 0 saturated carbocycles. The van der Waals surface area contributed by atoms with Gasteiger partial charge in [0.05, 0.1) is 5.69 Å². The van der Waals surface area contributed by atoms with Crippen molar-refractivity contribution >= 4 is 16.7 Å². The molecule has 1 N–H and O–H groups in total. The molecule has 0 radical (unpaired) electrons. The van der Waals surface area contributed by atoms with E-state index >= 15 is 0 Å². The van der Waals surface area contributed by atoms with Crippen molar-refractivity contribution in [3.8, 4) is 0 Å². The average molecular weight is 199 g/mol. The standard InChI is InChI=1S/C13H13NO/c1-3-4-13(15)12-8-10-7-9(2)5-6-11(10)14-12/h3,5-8,14H,1,4H2,2H3. The highest BCUT2D eigenvalue weighted by Gasteiger charge is 2.07. The maximum Gasteiger partial charge on any atom is 0.182 e. The van der Waals surface area contributed by atoms with Crippen LogP contribution in [-0.2, 0) is 0 Å². The van der Waals surface area contributed by atoms with Crippen LogP contribution in [-0.4, -0.2) is 10.8 Å². The van der Waals surface area contributed by atoms with Crippen LogP contribution in [0.5, 0.6) is 0 Å². The number of carbonyl (C=O) groups excluding carboxylic acids is 1. The SMILES string of the molecule is C=CCC(=O)c1cc2cc(C)ccc2[nH]1. The lowest BCUT2D eigenvalue weighted by Gasteiger charge is -1.91. The van der Waals surface area contributed by atoms with Crippen LogP contribution in [0.25, 0.3) is 10.9 Å². The summed E-state index contributed by atoms with van der Waals surface area (Å²) in [5.74, 6) is 0.0823. The van der Waals surface area contributed by atoms with Crippen molar-refractivity contribution in [2.75, 3.05) is 0 Å². The van der Waals surface area contributed by atoms with Gasteiger partial charge in [-0.25, -0.2) is 0 Å². The molecule has 0 aliphatic carbocycles. The number of carbonyl (C=O) groups is 1. The monoisotopic (exact) mass is 199 g/mol. The van der Waals surface area contributed by atoms with Gasteiger partial charge in [-0.1, -0.05) is 17.7 Å². The lowest BCUT2D eigenvalue weighted by molar-refractivity contribution is 0.0992. The van der Waals surface area contributed by atoms with Crippen LogP contribution in [0.1, 0.15) is 22.5 Å². The van der Waals surface area contributed by atoms with E-state index in [-0.39, 0.29) is 5.78 Å². The fourth-order valence-electron chi connectivity index (χ4n) is 1.64. The summed E-state index contributed by atoms with van der Waals surface area (Å²) in [6.45, 7) is 5.60. The quantitative estimate of drug-likeness (QED) is 0.597. The summed E-state index contributed by atoms with van der Waals surface area (Å²) < 4.78 is 0. The highest BCUT2D eigenvalue weighted by atomic mass is 16.1. The average Bonchev–Trinajstić information content (AvgIpc) is 2.60. The summed E-state index contributed by atoms with van der Waals surface area (Å²) in [6.07, 6.45) is 2.00. The van der Waals surface area contributed by atoms with Crippen LogP contribution in [0.3, 0.4) is 0 Å². The van der Waals surface area contributed by atoms with Crippen molar-refractivity contribution in [2.45, 2.75) is 13.3 Å². The van der Waals surface area contributed by atoms with E-state index in [0.717, 1.165) is 10.9 Å². The van der Waals surface area contributed by atoms with E-state index in [1.54, 1.807) is 6.08 Å². The van der Waals surface area contributed by atoms with Crippen molar-refractivity contribution < 1.29 is 4.79 Å². The maximum atomic E-state index is 11.6. The van der Waals surface area contributed by atoms with Gasteiger partial charge in [0.25, 0.3) is 0 Å². The number of ketones is 1. The van der Waals surface area contributed by atoms with E-state index in [4.69, 9.17) is 0 Å². The first-order chi connectivity index (χ1) is 7.20. The summed E-state index contributed by atoms with van der Waals surface area (Å²) in [5.41, 5.74) is 2.87. The molecule has 0 spiro atoms. The summed E-state index contributed by atoms with van der Waals surface area (Å²) >= 11 is 0. The topological polar surface area (TPSA) is 32.9 Å². The molecule has 0 aliphatic heterocycles. The van der Waals surface area contributed by atoms with Gasteiger partial charge >= 0.3 is 0 Å². The molecule has 0 amide bonds. The van der Waals surface area contributed by atoms with E-state index in [2.05, 4.69) is 17.6 Å². The number of benzene rings is 1. The van der Waals surface area contributed by atoms with Crippen LogP contribution in [0.15, 0.2) is 36.9 Å². The van der Waals surface area contributed by atoms with E-state index in [1.165, 1.54) is 5.56 Å². The van der Waals surface area contributed by atoms with E-state index in [9.17, 15) is 4.79 Å². The zero-order chi connectivity index (χ0) is 10.8. The van der Waals surface area contributed by atoms with Gasteiger partial charge < -0.3 is 4.98 Å². The van der Waals surface area contributed by atoms with Gasteiger partial charge in [-0.3, -0.25) is 4.79 Å². The number of aromatic amines is 1. The maximum absolute atomic E-state index is 11.6. The second-order valence-corrected chi connectivity index (χ2v) is 3.69. The van der Waals surface area contributed by atoms with Crippen LogP contribution in [0.2, 0.25) is 0 Å². The van der Waals surface area contributed by atoms with Crippen molar-refractivity contribution in [3.05, 3.63) is 48.2 Å². The van der Waals surface area contributed by atoms with Crippen molar-refractivity contribution in [2.24, 2.45) is 0 Å². The number of hydrogen-bond donors (Lipinski definition) is 1. The normalized spacial score (nSPS) is 10.5. The van der Waals surface area contributed by atoms with Crippen LogP contribution in [0.4, 0.5) is 0 Å². The minimum atomic E-state index is 0.0823. The molecule has 1 aromatic heterocycles. The predicted octanol–water partition coefficient (Wildman–Crippen LogP) is 3.24. The van der Waals surface area contributed by atoms with Gasteiger partial charge in [0, 0.05) is 17.3 Å². The molecule has 0 aliphatic rings. The second-order valence-electron chi connectivity index (χ2n) is 3.69. The lowest BCUT2D eigenvalue weighted by Crippen LogP contribution is -1.96. The molecule has 0 atom stereocenters. The second kappa shape index (κ2) is 3.73. The van der Waals surface area contributed by atoms with Gasteiger partial charge in [-0.15, -0.1) is 6.58 Å². The summed E-state index contributed by atoms with van der Waals surface area (Å²) in [4.78, 5) is 14.7. The zero-order valence-electron chi connectivity index (χ0n) is 8.71. The van der Waals surface area contributed by atoms with Gasteiger partial charge in [-0.05, 0) is 25.1 Å². The third-order valence-corrected chi connectivity index (χ3v) is 2.41. The van der Waals surface area contributed by atoms with E-state index in [1.807, 2.05) is 25.1 Å². The number of H-pyrrole nitrogens is 1. The van der Waals surface area contributed by atoms with Gasteiger partial charge in [0.2, 0.25) is 0 Å². The molecular formula is C13H13NO. The molecule has 0 saturated heterocycles. The summed E-state index contributed by atoms with van der Waals surface area (Å²) in [7, 11) is 0. The minimum Gasteiger partial charge on any atom is -0.352 e. The molecule has 2 nitrogen and oxygen atoms in total. The van der Waals surface area contributed by atoms with E-state index in [0.29, 0.717) is 12.1 Å². The molecule has 2 heteroatoms. The molecule has 1 aromatic carbocycles. The van der Waals surface area contributed by atoms with Crippen LogP contribution in [0, 0.1) is 6.92 Å². The third kappa shape index (κ3) is 1.84. The minimum absolute atomic E-state index is 0.0823. The summed E-state index contributed by atoms with van der Waals surface area (Å²) in [5, 5.41) is 1.09. The number of rotatable bonds is 3. The van der Waals surface area contributed by atoms with Crippen LogP contribution < -0.4 is 0 Å². The van der Waals surface area contributed by atoms with Crippen molar-refractivity contribution in [1.82, 2.24) is 4.98 Å². The fraction of sp³-hybridized carbons (Fsp3) is 0.154. The van der Waals surface area contributed by atoms with Crippen LogP contribution >= 0.6 is 0 Å². The Morgan fingerprint density at radius 2 is 2.27 bits per heavy atom. The first-order valence-corrected chi connectivity index (χ1v) is 4.94. The number of hydrogen-bond acceptors (Lipinski definition) is 1. The Kier molecular flexibility index (Phi) is 2.42. The molecule has 0 fully saturated rings. The number of fused-ring (bicyclic) bond motifs is 1. The molecule has 2 aromatic rings. The molecule has 0 bridgehead atoms. The Labute approximate surface area is 88.6 Å². The smallest absolute Gasteiger partial charge is 0.182 e. The largest absolute Gasteiger partial charge is 0.352 e. The highest BCUT2D eigenvalue weighted by Crippen LogP contribution is 2.17. The Morgan fingerprint density at radius 3 is 3.00 bits per heavy atom. The number of aryl methyl sites for hydroxylation is 1. The Bertz CT molecular complexity index is 522. The molecular weight excluding hydrogens is 186 g/mol.